The fourth-order valence-electron chi connectivity index (χ4n) is 0.906. The molecule has 0 N–H and O–H groups in total. The van der Waals surface area contributed by atoms with E-state index in [1.807, 2.05) is 0 Å². The van der Waals surface area contributed by atoms with Gasteiger partial charge in [0.05, 0.1) is 5.75 Å². The van der Waals surface area contributed by atoms with Crippen molar-refractivity contribution in [1.82, 2.24) is 0 Å². The number of hydrogen-bond acceptors (Lipinski definition) is 3. The molecule has 0 atom stereocenters. The van der Waals surface area contributed by atoms with Crippen LogP contribution in [0.3, 0.4) is 0 Å². The lowest BCUT2D eigenvalue weighted by molar-refractivity contribution is 0.102. The fourth-order valence-corrected chi connectivity index (χ4v) is 1.21. The summed E-state index contributed by atoms with van der Waals surface area (Å²) in [5.74, 6) is 0.00280. The Morgan fingerprint density at radius 1 is 1.31 bits per heavy atom. The third-order valence-electron chi connectivity index (χ3n) is 1.56. The molecule has 0 radical (unpaired) electrons. The molecular weight excluding hydrogens is 208 g/mol. The maximum Gasteiger partial charge on any atom is 0.252 e. The van der Waals surface area contributed by atoms with Gasteiger partial charge in [-0.2, -0.15) is 12.6 Å². The maximum absolute atomic E-state index is 11.2. The first-order valence-electron chi connectivity index (χ1n) is 3.59. The summed E-state index contributed by atoms with van der Waals surface area (Å²) in [6, 6.07) is 6.27. The van der Waals surface area contributed by atoms with Crippen molar-refractivity contribution in [3.05, 3.63) is 35.4 Å². The average molecular weight is 215 g/mol. The van der Waals surface area contributed by atoms with Gasteiger partial charge in [0, 0.05) is 11.1 Å². The largest absolute Gasteiger partial charge is 0.293 e. The Bertz CT molecular complexity index is 349. The molecule has 0 aliphatic rings. The van der Waals surface area contributed by atoms with Gasteiger partial charge in [-0.1, -0.05) is 18.2 Å². The Balaban J connectivity index is 3.05. The van der Waals surface area contributed by atoms with Gasteiger partial charge in [0.2, 0.25) is 0 Å². The second kappa shape index (κ2) is 4.44. The van der Waals surface area contributed by atoms with E-state index in [-0.39, 0.29) is 11.5 Å². The fraction of sp³-hybridized carbons (Fsp3) is 0.111. The smallest absolute Gasteiger partial charge is 0.252 e. The van der Waals surface area contributed by atoms with E-state index in [2.05, 4.69) is 12.6 Å². The zero-order valence-electron chi connectivity index (χ0n) is 6.66. The van der Waals surface area contributed by atoms with Crippen LogP contribution in [0.2, 0.25) is 0 Å². The van der Waals surface area contributed by atoms with Gasteiger partial charge in [0.25, 0.3) is 5.24 Å². The first-order chi connectivity index (χ1) is 6.15. The van der Waals surface area contributed by atoms with E-state index in [0.29, 0.717) is 11.1 Å². The van der Waals surface area contributed by atoms with E-state index in [4.69, 9.17) is 11.6 Å². The molecule has 0 saturated heterocycles. The Kier molecular flexibility index (Phi) is 3.51. The molecule has 68 valence electrons. The van der Waals surface area contributed by atoms with Crippen LogP contribution in [-0.4, -0.2) is 16.8 Å². The van der Waals surface area contributed by atoms with Gasteiger partial charge in [-0.05, 0) is 17.7 Å². The summed E-state index contributed by atoms with van der Waals surface area (Å²) in [6.07, 6.45) is 0. The van der Waals surface area contributed by atoms with E-state index in [1.54, 1.807) is 18.2 Å². The Morgan fingerprint density at radius 3 is 2.46 bits per heavy atom. The van der Waals surface area contributed by atoms with Crippen molar-refractivity contribution in [3.8, 4) is 0 Å². The molecule has 1 aromatic rings. The zero-order valence-corrected chi connectivity index (χ0v) is 8.31. The second-order valence-corrected chi connectivity index (χ2v) is 3.10. The summed E-state index contributed by atoms with van der Waals surface area (Å²) in [7, 11) is 0. The van der Waals surface area contributed by atoms with Crippen molar-refractivity contribution >= 4 is 35.3 Å². The van der Waals surface area contributed by atoms with E-state index in [0.717, 1.165) is 0 Å². The Labute approximate surface area is 86.3 Å². The lowest BCUT2D eigenvalue weighted by Crippen LogP contribution is -2.01. The van der Waals surface area contributed by atoms with Crippen LogP contribution in [0.1, 0.15) is 20.7 Å². The zero-order chi connectivity index (χ0) is 9.84. The molecule has 2 nitrogen and oxygen atoms in total. The normalized spacial score (nSPS) is 9.69. The van der Waals surface area contributed by atoms with Crippen LogP contribution in [0.5, 0.6) is 0 Å². The number of ketones is 1. The molecular formula is C9H7ClO2S. The van der Waals surface area contributed by atoms with Crippen LogP contribution < -0.4 is 0 Å². The number of rotatable bonds is 3. The van der Waals surface area contributed by atoms with Gasteiger partial charge in [-0.3, -0.25) is 9.59 Å². The van der Waals surface area contributed by atoms with Gasteiger partial charge in [0.15, 0.2) is 5.78 Å². The molecule has 4 heteroatoms. The highest BCUT2D eigenvalue weighted by Crippen LogP contribution is 2.09. The maximum atomic E-state index is 11.2. The predicted octanol–water partition coefficient (Wildman–Crippen LogP) is 2.18. The number of benzene rings is 1. The van der Waals surface area contributed by atoms with Crippen LogP contribution in [0.4, 0.5) is 0 Å². The van der Waals surface area contributed by atoms with Gasteiger partial charge in [0.1, 0.15) is 0 Å². The van der Waals surface area contributed by atoms with Crippen molar-refractivity contribution in [1.29, 1.82) is 0 Å². The van der Waals surface area contributed by atoms with Crippen molar-refractivity contribution in [2.24, 2.45) is 0 Å². The minimum Gasteiger partial charge on any atom is -0.293 e. The summed E-state index contributed by atoms with van der Waals surface area (Å²) in [6.45, 7) is 0. The Morgan fingerprint density at radius 2 is 1.92 bits per heavy atom. The second-order valence-electron chi connectivity index (χ2n) is 2.44. The van der Waals surface area contributed by atoms with Crippen molar-refractivity contribution < 1.29 is 9.59 Å². The lowest BCUT2D eigenvalue weighted by atomic mass is 10.1. The van der Waals surface area contributed by atoms with Crippen LogP contribution >= 0.6 is 24.2 Å². The molecule has 0 aliphatic carbocycles. The number of hydrogen-bond donors (Lipinski definition) is 1. The molecule has 0 aliphatic heterocycles. The highest BCUT2D eigenvalue weighted by molar-refractivity contribution is 7.81. The number of carbonyl (C=O) groups is 2. The van der Waals surface area contributed by atoms with Crippen molar-refractivity contribution in [2.75, 3.05) is 5.75 Å². The molecule has 0 amide bonds. The minimum absolute atomic E-state index is 0.122. The number of Topliss-reactive ketones (excluding diaryl/α,β-unsaturated/α-hetero) is 1. The topological polar surface area (TPSA) is 34.1 Å². The van der Waals surface area contributed by atoms with Gasteiger partial charge < -0.3 is 0 Å². The third kappa shape index (κ3) is 2.57. The highest BCUT2D eigenvalue weighted by atomic mass is 35.5. The van der Waals surface area contributed by atoms with Crippen LogP contribution in [0, 0.1) is 0 Å². The highest BCUT2D eigenvalue weighted by Gasteiger charge is 2.06. The number of halogens is 1. The molecule has 0 bridgehead atoms. The Hall–Kier alpha value is -0.800. The molecule has 0 spiro atoms. The van der Waals surface area contributed by atoms with Crippen LogP contribution in [0.15, 0.2) is 24.3 Å². The van der Waals surface area contributed by atoms with E-state index in [1.165, 1.54) is 6.07 Å². The van der Waals surface area contributed by atoms with Gasteiger partial charge in [-0.25, -0.2) is 0 Å². The first-order valence-corrected chi connectivity index (χ1v) is 4.60. The molecule has 0 heterocycles. The van der Waals surface area contributed by atoms with Crippen LogP contribution in [-0.2, 0) is 0 Å². The molecule has 0 saturated carbocycles. The summed E-state index contributed by atoms with van der Waals surface area (Å²) < 4.78 is 0. The van der Waals surface area contributed by atoms with E-state index < -0.39 is 5.24 Å². The quantitative estimate of drug-likeness (QED) is 0.476. The molecule has 0 unspecified atom stereocenters. The molecule has 1 aromatic carbocycles. The third-order valence-corrected chi connectivity index (χ3v) is 2.06. The van der Waals surface area contributed by atoms with Crippen LogP contribution in [0.25, 0.3) is 0 Å². The summed E-state index contributed by atoms with van der Waals surface area (Å²) in [5, 5.41) is -0.561. The predicted molar refractivity (Wildman–Crippen MR) is 54.8 cm³/mol. The molecule has 13 heavy (non-hydrogen) atoms. The summed E-state index contributed by atoms with van der Waals surface area (Å²) >= 11 is 9.10. The number of thiol groups is 1. The van der Waals surface area contributed by atoms with Gasteiger partial charge in [-0.15, -0.1) is 0 Å². The molecule has 1 rings (SSSR count). The molecule has 0 fully saturated rings. The van der Waals surface area contributed by atoms with Crippen molar-refractivity contribution in [3.63, 3.8) is 0 Å². The lowest BCUT2D eigenvalue weighted by Gasteiger charge is -1.98. The summed E-state index contributed by atoms with van der Waals surface area (Å²) in [5.41, 5.74) is 0.788. The SMILES string of the molecule is O=C(Cl)c1cccc(C(=O)CS)c1. The number of carbonyl (C=O) groups excluding carboxylic acids is 2. The molecule has 0 aromatic heterocycles. The average Bonchev–Trinajstić information content (AvgIpc) is 2.17. The standard InChI is InChI=1S/C9H7ClO2S/c10-9(12)7-3-1-2-6(4-7)8(11)5-13/h1-4,13H,5H2. The van der Waals surface area contributed by atoms with Crippen molar-refractivity contribution in [2.45, 2.75) is 0 Å². The van der Waals surface area contributed by atoms with E-state index in [9.17, 15) is 9.59 Å². The van der Waals surface area contributed by atoms with E-state index >= 15 is 0 Å². The minimum atomic E-state index is -0.561. The van der Waals surface area contributed by atoms with Gasteiger partial charge >= 0.3 is 0 Å². The summed E-state index contributed by atoms with van der Waals surface area (Å²) in [4.78, 5) is 21.9. The first kappa shape index (κ1) is 10.3. The monoisotopic (exact) mass is 214 g/mol.